The molecular formula is C20H19N5. The monoisotopic (exact) mass is 329 g/mol. The summed E-state index contributed by atoms with van der Waals surface area (Å²) in [5, 5.41) is 8.41. The molecule has 0 amide bonds. The SMILES string of the molecule is CC1C=Nc2cc(-c3nn4c(c3-c3ccncc3)CNCC4)ccc21. The third-order valence-electron chi connectivity index (χ3n) is 5.05. The van der Waals surface area contributed by atoms with E-state index in [1.54, 1.807) is 0 Å². The van der Waals surface area contributed by atoms with Crippen molar-refractivity contribution < 1.29 is 0 Å². The summed E-state index contributed by atoms with van der Waals surface area (Å²) in [6, 6.07) is 10.7. The number of hydrogen-bond acceptors (Lipinski definition) is 4. The van der Waals surface area contributed by atoms with Gasteiger partial charge in [0.15, 0.2) is 0 Å². The van der Waals surface area contributed by atoms with Gasteiger partial charge < -0.3 is 5.32 Å². The molecule has 25 heavy (non-hydrogen) atoms. The van der Waals surface area contributed by atoms with Crippen LogP contribution in [-0.2, 0) is 13.1 Å². The number of fused-ring (bicyclic) bond motifs is 2. The van der Waals surface area contributed by atoms with E-state index in [9.17, 15) is 0 Å². The predicted octanol–water partition coefficient (Wildman–Crippen LogP) is 3.53. The van der Waals surface area contributed by atoms with E-state index in [0.717, 1.165) is 42.1 Å². The van der Waals surface area contributed by atoms with Crippen molar-refractivity contribution in [2.24, 2.45) is 4.99 Å². The molecule has 2 aliphatic rings. The number of pyridine rings is 1. The summed E-state index contributed by atoms with van der Waals surface area (Å²) in [5.74, 6) is 0.392. The van der Waals surface area contributed by atoms with E-state index < -0.39 is 0 Å². The average molecular weight is 329 g/mol. The molecule has 124 valence electrons. The molecule has 1 atom stereocenters. The smallest absolute Gasteiger partial charge is 0.101 e. The molecule has 0 aliphatic carbocycles. The van der Waals surface area contributed by atoms with Gasteiger partial charge in [-0.15, -0.1) is 0 Å². The Morgan fingerprint density at radius 3 is 2.88 bits per heavy atom. The van der Waals surface area contributed by atoms with Crippen LogP contribution in [0.5, 0.6) is 0 Å². The van der Waals surface area contributed by atoms with E-state index in [-0.39, 0.29) is 0 Å². The Morgan fingerprint density at radius 2 is 2.00 bits per heavy atom. The van der Waals surface area contributed by atoms with Crippen LogP contribution in [-0.4, -0.2) is 27.5 Å². The Bertz CT molecular complexity index is 971. The largest absolute Gasteiger partial charge is 0.309 e. The first-order valence-corrected chi connectivity index (χ1v) is 8.70. The van der Waals surface area contributed by atoms with Gasteiger partial charge >= 0.3 is 0 Å². The van der Waals surface area contributed by atoms with Crippen molar-refractivity contribution in [3.05, 3.63) is 54.0 Å². The highest BCUT2D eigenvalue weighted by Gasteiger charge is 2.23. The third kappa shape index (κ3) is 2.31. The molecule has 0 saturated heterocycles. The summed E-state index contributed by atoms with van der Waals surface area (Å²) in [5.41, 5.74) is 8.11. The Labute approximate surface area is 146 Å². The number of benzene rings is 1. The van der Waals surface area contributed by atoms with Crippen molar-refractivity contribution >= 4 is 11.9 Å². The maximum Gasteiger partial charge on any atom is 0.101 e. The molecule has 0 bridgehead atoms. The van der Waals surface area contributed by atoms with Crippen LogP contribution in [0, 0.1) is 0 Å². The van der Waals surface area contributed by atoms with E-state index >= 15 is 0 Å². The van der Waals surface area contributed by atoms with E-state index in [1.165, 1.54) is 16.8 Å². The minimum Gasteiger partial charge on any atom is -0.309 e. The second-order valence-electron chi connectivity index (χ2n) is 6.65. The van der Waals surface area contributed by atoms with Crippen molar-refractivity contribution in [1.29, 1.82) is 0 Å². The van der Waals surface area contributed by atoms with Crippen LogP contribution in [0.3, 0.4) is 0 Å². The van der Waals surface area contributed by atoms with Crippen LogP contribution < -0.4 is 5.32 Å². The lowest BCUT2D eigenvalue weighted by molar-refractivity contribution is 0.477. The molecule has 5 nitrogen and oxygen atoms in total. The lowest BCUT2D eigenvalue weighted by Crippen LogP contribution is -2.28. The van der Waals surface area contributed by atoms with Crippen molar-refractivity contribution in [3.63, 3.8) is 0 Å². The van der Waals surface area contributed by atoms with Gasteiger partial charge in [0.05, 0.1) is 17.9 Å². The van der Waals surface area contributed by atoms with Gasteiger partial charge in [-0.3, -0.25) is 14.7 Å². The summed E-state index contributed by atoms with van der Waals surface area (Å²) in [6.07, 6.45) is 5.70. The predicted molar refractivity (Wildman–Crippen MR) is 99.2 cm³/mol. The molecule has 1 aromatic carbocycles. The van der Waals surface area contributed by atoms with Crippen molar-refractivity contribution in [2.75, 3.05) is 6.54 Å². The van der Waals surface area contributed by atoms with Crippen LogP contribution in [0.15, 0.2) is 47.7 Å². The number of nitrogens with zero attached hydrogens (tertiary/aromatic N) is 4. The zero-order valence-electron chi connectivity index (χ0n) is 14.1. The molecule has 2 aromatic heterocycles. The first kappa shape index (κ1) is 14.5. The number of aliphatic imine (C=N–C) groups is 1. The maximum absolute atomic E-state index is 4.95. The molecular weight excluding hydrogens is 310 g/mol. The molecule has 1 unspecified atom stereocenters. The van der Waals surface area contributed by atoms with Crippen LogP contribution in [0.4, 0.5) is 5.69 Å². The van der Waals surface area contributed by atoms with Crippen molar-refractivity contribution in [1.82, 2.24) is 20.1 Å². The quantitative estimate of drug-likeness (QED) is 0.782. The first-order chi connectivity index (χ1) is 12.3. The highest BCUT2D eigenvalue weighted by Crippen LogP contribution is 2.39. The van der Waals surface area contributed by atoms with E-state index in [0.29, 0.717) is 5.92 Å². The molecule has 0 radical (unpaired) electrons. The third-order valence-corrected chi connectivity index (χ3v) is 5.05. The zero-order valence-corrected chi connectivity index (χ0v) is 14.1. The van der Waals surface area contributed by atoms with E-state index in [2.05, 4.69) is 57.2 Å². The number of aromatic nitrogens is 3. The zero-order chi connectivity index (χ0) is 16.8. The Morgan fingerprint density at radius 1 is 1.12 bits per heavy atom. The second-order valence-corrected chi connectivity index (χ2v) is 6.65. The minimum atomic E-state index is 0.392. The summed E-state index contributed by atoms with van der Waals surface area (Å²) in [4.78, 5) is 8.73. The van der Waals surface area contributed by atoms with Crippen LogP contribution in [0.1, 0.15) is 24.1 Å². The topological polar surface area (TPSA) is 55.1 Å². The lowest BCUT2D eigenvalue weighted by Gasteiger charge is -2.16. The van der Waals surface area contributed by atoms with Gasteiger partial charge in [-0.05, 0) is 29.3 Å². The highest BCUT2D eigenvalue weighted by molar-refractivity contribution is 5.87. The fourth-order valence-electron chi connectivity index (χ4n) is 3.74. The van der Waals surface area contributed by atoms with Crippen molar-refractivity contribution in [3.8, 4) is 22.4 Å². The summed E-state index contributed by atoms with van der Waals surface area (Å²) in [6.45, 7) is 4.87. The second kappa shape index (κ2) is 5.63. The fraction of sp³-hybridized carbons (Fsp3) is 0.250. The number of hydrogen-bond donors (Lipinski definition) is 1. The Hall–Kier alpha value is -2.79. The normalized spacial score (nSPS) is 18.2. The van der Waals surface area contributed by atoms with Gasteiger partial charge in [-0.25, -0.2) is 0 Å². The summed E-state index contributed by atoms with van der Waals surface area (Å²) < 4.78 is 2.14. The molecule has 4 heterocycles. The summed E-state index contributed by atoms with van der Waals surface area (Å²) in [7, 11) is 0. The molecule has 0 saturated carbocycles. The molecule has 5 rings (SSSR count). The van der Waals surface area contributed by atoms with E-state index in [4.69, 9.17) is 5.10 Å². The van der Waals surface area contributed by atoms with Crippen molar-refractivity contribution in [2.45, 2.75) is 25.9 Å². The molecule has 0 fully saturated rings. The molecule has 2 aliphatic heterocycles. The lowest BCUT2D eigenvalue weighted by atomic mass is 9.96. The standard InChI is InChI=1S/C20H19N5/c1-13-11-23-17-10-15(2-3-16(13)17)20-19(14-4-6-21-7-5-14)18-12-22-8-9-25(18)24-20/h2-7,10-11,13,22H,8-9,12H2,1H3. The molecule has 1 N–H and O–H groups in total. The number of rotatable bonds is 2. The Kier molecular flexibility index (Phi) is 3.28. The molecule has 3 aromatic rings. The van der Waals surface area contributed by atoms with Gasteiger partial charge in [0.25, 0.3) is 0 Å². The van der Waals surface area contributed by atoms with Gasteiger partial charge in [0.1, 0.15) is 5.69 Å². The van der Waals surface area contributed by atoms with Gasteiger partial charge in [0.2, 0.25) is 0 Å². The van der Waals surface area contributed by atoms with Gasteiger partial charge in [-0.2, -0.15) is 5.10 Å². The van der Waals surface area contributed by atoms with Gasteiger partial charge in [0, 0.05) is 48.7 Å². The molecule has 0 spiro atoms. The molecule has 5 heteroatoms. The highest BCUT2D eigenvalue weighted by atomic mass is 15.3. The average Bonchev–Trinajstić information content (AvgIpc) is 3.23. The minimum absolute atomic E-state index is 0.392. The number of nitrogens with one attached hydrogen (secondary N) is 1. The van der Waals surface area contributed by atoms with Crippen LogP contribution in [0.2, 0.25) is 0 Å². The van der Waals surface area contributed by atoms with Crippen LogP contribution >= 0.6 is 0 Å². The van der Waals surface area contributed by atoms with E-state index in [1.807, 2.05) is 18.6 Å². The maximum atomic E-state index is 4.95. The van der Waals surface area contributed by atoms with Crippen LogP contribution in [0.25, 0.3) is 22.4 Å². The fourth-order valence-corrected chi connectivity index (χ4v) is 3.74. The van der Waals surface area contributed by atoms with Gasteiger partial charge in [-0.1, -0.05) is 19.1 Å². The first-order valence-electron chi connectivity index (χ1n) is 8.70. The Balaban J connectivity index is 1.72. The summed E-state index contributed by atoms with van der Waals surface area (Å²) >= 11 is 0.